The topological polar surface area (TPSA) is 64.3 Å². The van der Waals surface area contributed by atoms with Crippen LogP contribution in [-0.4, -0.2) is 31.2 Å². The molecular formula is C15H30N2O2. The molecule has 0 aliphatic heterocycles. The highest BCUT2D eigenvalue weighted by Gasteiger charge is 2.29. The molecule has 1 amide bonds. The number of amides is 1. The Bertz CT molecular complexity index is 261. The van der Waals surface area contributed by atoms with E-state index < -0.39 is 0 Å². The Morgan fingerprint density at radius 1 is 1.26 bits per heavy atom. The summed E-state index contributed by atoms with van der Waals surface area (Å²) in [5.41, 5.74) is 5.99. The van der Waals surface area contributed by atoms with Crippen molar-refractivity contribution in [1.29, 1.82) is 0 Å². The first-order valence-electron chi connectivity index (χ1n) is 7.65. The molecule has 0 spiro atoms. The molecule has 0 aromatic rings. The standard InChI is InChI=1S/C15H30N2O2/c1-13(2)6-10-19-11-9-17-14(18)12-15(16)7-4-3-5-8-15/h13H,3-12,16H2,1-2H3,(H,17,18). The molecule has 4 nitrogen and oxygen atoms in total. The highest BCUT2D eigenvalue weighted by atomic mass is 16.5. The van der Waals surface area contributed by atoms with E-state index >= 15 is 0 Å². The molecule has 112 valence electrons. The predicted molar refractivity (Wildman–Crippen MR) is 77.9 cm³/mol. The van der Waals surface area contributed by atoms with Gasteiger partial charge in [0.25, 0.3) is 0 Å². The molecule has 4 heteroatoms. The van der Waals surface area contributed by atoms with E-state index in [0.717, 1.165) is 38.7 Å². The first-order chi connectivity index (χ1) is 9.02. The summed E-state index contributed by atoms with van der Waals surface area (Å²) in [6, 6.07) is 0. The molecule has 0 heterocycles. The number of rotatable bonds is 8. The molecule has 0 bridgehead atoms. The van der Waals surface area contributed by atoms with Crippen LogP contribution in [0.4, 0.5) is 0 Å². The molecule has 1 saturated carbocycles. The van der Waals surface area contributed by atoms with Gasteiger partial charge in [-0.05, 0) is 25.2 Å². The van der Waals surface area contributed by atoms with E-state index in [1.165, 1.54) is 6.42 Å². The zero-order valence-corrected chi connectivity index (χ0v) is 12.5. The van der Waals surface area contributed by atoms with Crippen molar-refractivity contribution >= 4 is 5.91 Å². The summed E-state index contributed by atoms with van der Waals surface area (Å²) in [6.07, 6.45) is 7.05. The quantitative estimate of drug-likeness (QED) is 0.665. The lowest BCUT2D eigenvalue weighted by molar-refractivity contribution is -0.122. The summed E-state index contributed by atoms with van der Waals surface area (Å²) in [5.74, 6) is 0.731. The van der Waals surface area contributed by atoms with E-state index in [-0.39, 0.29) is 11.4 Å². The largest absolute Gasteiger partial charge is 0.380 e. The Morgan fingerprint density at radius 2 is 1.95 bits per heavy atom. The van der Waals surface area contributed by atoms with Crippen molar-refractivity contribution in [2.24, 2.45) is 11.7 Å². The van der Waals surface area contributed by atoms with Gasteiger partial charge in [0.15, 0.2) is 0 Å². The van der Waals surface area contributed by atoms with Gasteiger partial charge in [-0.25, -0.2) is 0 Å². The Labute approximate surface area is 117 Å². The average Bonchev–Trinajstić information content (AvgIpc) is 2.33. The smallest absolute Gasteiger partial charge is 0.221 e. The van der Waals surface area contributed by atoms with Crippen LogP contribution < -0.4 is 11.1 Å². The van der Waals surface area contributed by atoms with Gasteiger partial charge in [0.1, 0.15) is 0 Å². The van der Waals surface area contributed by atoms with Gasteiger partial charge in [0.05, 0.1) is 6.61 Å². The van der Waals surface area contributed by atoms with E-state index in [4.69, 9.17) is 10.5 Å². The first-order valence-corrected chi connectivity index (χ1v) is 7.65. The molecule has 0 radical (unpaired) electrons. The van der Waals surface area contributed by atoms with Gasteiger partial charge < -0.3 is 15.8 Å². The minimum atomic E-state index is -0.263. The lowest BCUT2D eigenvalue weighted by Gasteiger charge is -2.32. The summed E-state index contributed by atoms with van der Waals surface area (Å²) in [6.45, 7) is 6.31. The Balaban J connectivity index is 2.04. The van der Waals surface area contributed by atoms with Crippen molar-refractivity contribution in [1.82, 2.24) is 5.32 Å². The number of ether oxygens (including phenoxy) is 1. The number of hydrogen-bond donors (Lipinski definition) is 2. The van der Waals surface area contributed by atoms with Gasteiger partial charge in [-0.3, -0.25) is 4.79 Å². The fraction of sp³-hybridized carbons (Fsp3) is 0.933. The Morgan fingerprint density at radius 3 is 2.58 bits per heavy atom. The Hall–Kier alpha value is -0.610. The monoisotopic (exact) mass is 270 g/mol. The zero-order valence-electron chi connectivity index (χ0n) is 12.5. The van der Waals surface area contributed by atoms with E-state index in [9.17, 15) is 4.79 Å². The fourth-order valence-electron chi connectivity index (χ4n) is 2.50. The molecule has 0 saturated heterocycles. The first kappa shape index (κ1) is 16.4. The highest BCUT2D eigenvalue weighted by Crippen LogP contribution is 2.28. The van der Waals surface area contributed by atoms with Gasteiger partial charge in [0.2, 0.25) is 5.91 Å². The van der Waals surface area contributed by atoms with Gasteiger partial charge in [-0.15, -0.1) is 0 Å². The molecule has 0 aromatic carbocycles. The van der Waals surface area contributed by atoms with Crippen LogP contribution >= 0.6 is 0 Å². The van der Waals surface area contributed by atoms with Crippen molar-refractivity contribution in [3.8, 4) is 0 Å². The third kappa shape index (κ3) is 7.53. The summed E-state index contributed by atoms with van der Waals surface area (Å²) < 4.78 is 5.46. The van der Waals surface area contributed by atoms with E-state index in [0.29, 0.717) is 25.5 Å². The molecule has 0 unspecified atom stereocenters. The number of carbonyl (C=O) groups is 1. The van der Waals surface area contributed by atoms with Crippen molar-refractivity contribution < 1.29 is 9.53 Å². The van der Waals surface area contributed by atoms with Gasteiger partial charge in [-0.2, -0.15) is 0 Å². The second-order valence-corrected chi connectivity index (χ2v) is 6.24. The van der Waals surface area contributed by atoms with Gasteiger partial charge in [0, 0.05) is 25.1 Å². The van der Waals surface area contributed by atoms with Crippen LogP contribution in [0.2, 0.25) is 0 Å². The maximum absolute atomic E-state index is 11.8. The van der Waals surface area contributed by atoms with Crippen molar-refractivity contribution in [3.05, 3.63) is 0 Å². The van der Waals surface area contributed by atoms with Crippen LogP contribution in [0.3, 0.4) is 0 Å². The molecule has 3 N–H and O–H groups in total. The summed E-state index contributed by atoms with van der Waals surface area (Å²) in [7, 11) is 0. The van der Waals surface area contributed by atoms with Crippen LogP contribution in [0.25, 0.3) is 0 Å². The normalized spacial score (nSPS) is 18.5. The highest BCUT2D eigenvalue weighted by molar-refractivity contribution is 5.77. The summed E-state index contributed by atoms with van der Waals surface area (Å²) >= 11 is 0. The predicted octanol–water partition coefficient (Wildman–Crippen LogP) is 2.22. The Kier molecular flexibility index (Phi) is 7.39. The van der Waals surface area contributed by atoms with Crippen LogP contribution in [-0.2, 0) is 9.53 Å². The van der Waals surface area contributed by atoms with E-state index in [1.807, 2.05) is 0 Å². The summed E-state index contributed by atoms with van der Waals surface area (Å²) in [5, 5.41) is 2.90. The van der Waals surface area contributed by atoms with E-state index in [2.05, 4.69) is 19.2 Å². The summed E-state index contributed by atoms with van der Waals surface area (Å²) in [4.78, 5) is 11.8. The molecule has 1 fully saturated rings. The SMILES string of the molecule is CC(C)CCOCCNC(=O)CC1(N)CCCCC1. The maximum atomic E-state index is 11.8. The van der Waals surface area contributed by atoms with E-state index in [1.54, 1.807) is 0 Å². The molecule has 19 heavy (non-hydrogen) atoms. The lowest BCUT2D eigenvalue weighted by Crippen LogP contribution is -2.46. The molecular weight excluding hydrogens is 240 g/mol. The van der Waals surface area contributed by atoms with Gasteiger partial charge in [-0.1, -0.05) is 33.1 Å². The zero-order chi connectivity index (χ0) is 14.1. The molecule has 1 rings (SSSR count). The second-order valence-electron chi connectivity index (χ2n) is 6.24. The second kappa shape index (κ2) is 8.54. The van der Waals surface area contributed by atoms with Crippen LogP contribution in [0.5, 0.6) is 0 Å². The number of carbonyl (C=O) groups excluding carboxylic acids is 1. The van der Waals surface area contributed by atoms with Crippen molar-refractivity contribution in [3.63, 3.8) is 0 Å². The van der Waals surface area contributed by atoms with Crippen LogP contribution in [0.15, 0.2) is 0 Å². The third-order valence-corrected chi connectivity index (χ3v) is 3.77. The number of nitrogens with two attached hydrogens (primary N) is 1. The number of nitrogens with one attached hydrogen (secondary N) is 1. The maximum Gasteiger partial charge on any atom is 0.221 e. The molecule has 0 atom stereocenters. The number of hydrogen-bond acceptors (Lipinski definition) is 3. The minimum absolute atomic E-state index is 0.0665. The fourth-order valence-corrected chi connectivity index (χ4v) is 2.50. The lowest BCUT2D eigenvalue weighted by atomic mass is 9.80. The molecule has 1 aliphatic carbocycles. The van der Waals surface area contributed by atoms with Crippen molar-refractivity contribution in [2.75, 3.05) is 19.8 Å². The van der Waals surface area contributed by atoms with Crippen molar-refractivity contribution in [2.45, 2.75) is 64.3 Å². The third-order valence-electron chi connectivity index (χ3n) is 3.77. The average molecular weight is 270 g/mol. The van der Waals surface area contributed by atoms with Crippen LogP contribution in [0, 0.1) is 5.92 Å². The van der Waals surface area contributed by atoms with Gasteiger partial charge >= 0.3 is 0 Å². The molecule has 1 aliphatic rings. The molecule has 0 aromatic heterocycles. The van der Waals surface area contributed by atoms with Crippen LogP contribution in [0.1, 0.15) is 58.8 Å². The minimum Gasteiger partial charge on any atom is -0.380 e.